The Bertz CT molecular complexity index is 1150. The minimum Gasteiger partial charge on any atom is -0.492 e. The van der Waals surface area contributed by atoms with Gasteiger partial charge in [-0.15, -0.1) is 0 Å². The van der Waals surface area contributed by atoms with E-state index in [2.05, 4.69) is 30.3 Å². The van der Waals surface area contributed by atoms with Crippen molar-refractivity contribution in [2.24, 2.45) is 0 Å². The van der Waals surface area contributed by atoms with Gasteiger partial charge in [0.15, 0.2) is 0 Å². The third-order valence-electron chi connectivity index (χ3n) is 4.53. The van der Waals surface area contributed by atoms with Crippen LogP contribution in [0.15, 0.2) is 77.2 Å². The lowest BCUT2D eigenvalue weighted by Gasteiger charge is -2.18. The van der Waals surface area contributed by atoms with Crippen LogP contribution in [0.5, 0.6) is 5.75 Å². The Morgan fingerprint density at radius 3 is 2.15 bits per heavy atom. The molecule has 0 spiro atoms. The molecule has 0 N–H and O–H groups in total. The van der Waals surface area contributed by atoms with Gasteiger partial charge in [-0.25, -0.2) is 0 Å². The largest absolute Gasteiger partial charge is 0.492 e. The summed E-state index contributed by atoms with van der Waals surface area (Å²) in [5.41, 5.74) is 4.88. The van der Waals surface area contributed by atoms with Crippen molar-refractivity contribution in [3.63, 3.8) is 0 Å². The normalized spacial score (nSPS) is 10.9. The van der Waals surface area contributed by atoms with Crippen LogP contribution in [0.1, 0.15) is 12.7 Å². The smallest absolute Gasteiger partial charge is 0.147 e. The summed E-state index contributed by atoms with van der Waals surface area (Å²) in [6, 6.07) is 24.5. The maximum Gasteiger partial charge on any atom is 0.147 e. The van der Waals surface area contributed by atoms with Gasteiger partial charge in [0.2, 0.25) is 0 Å². The summed E-state index contributed by atoms with van der Waals surface area (Å²) < 4.78 is 13.1. The fourth-order valence-corrected chi connectivity index (χ4v) is 3.70. The highest BCUT2D eigenvalue weighted by molar-refractivity contribution is 7.71. The van der Waals surface area contributed by atoms with Crippen molar-refractivity contribution in [1.82, 2.24) is 0 Å². The molecule has 0 fully saturated rings. The highest BCUT2D eigenvalue weighted by atomic mass is 32.1. The summed E-state index contributed by atoms with van der Waals surface area (Å²) in [7, 11) is 0. The maximum absolute atomic E-state index is 6.17. The van der Waals surface area contributed by atoms with Gasteiger partial charge in [-0.3, -0.25) is 0 Å². The van der Waals surface area contributed by atoms with Gasteiger partial charge >= 0.3 is 0 Å². The summed E-state index contributed by atoms with van der Waals surface area (Å²) in [4.78, 5) is 0. The highest BCUT2D eigenvalue weighted by Gasteiger charge is 2.20. The zero-order valence-electron chi connectivity index (χ0n) is 15.4. The average Bonchev–Trinajstić information content (AvgIpc) is 2.69. The van der Waals surface area contributed by atoms with Crippen molar-refractivity contribution in [3.05, 3.63) is 83.1 Å². The second-order valence-corrected chi connectivity index (χ2v) is 6.83. The van der Waals surface area contributed by atoms with Crippen LogP contribution < -0.4 is 4.74 Å². The molecule has 0 atom stereocenters. The summed E-state index contributed by atoms with van der Waals surface area (Å²) in [6.45, 7) is 4.49. The van der Waals surface area contributed by atoms with E-state index in [0.717, 1.165) is 49.2 Å². The van der Waals surface area contributed by atoms with Gasteiger partial charge in [0.1, 0.15) is 17.1 Å². The molecule has 0 saturated heterocycles. The fourth-order valence-electron chi connectivity index (χ4n) is 3.38. The average molecular weight is 372 g/mol. The van der Waals surface area contributed by atoms with Gasteiger partial charge in [-0.05, 0) is 37.1 Å². The maximum atomic E-state index is 6.17. The predicted octanol–water partition coefficient (Wildman–Crippen LogP) is 7.20. The molecular weight excluding hydrogens is 352 g/mol. The van der Waals surface area contributed by atoms with Crippen LogP contribution in [0.4, 0.5) is 0 Å². The molecule has 134 valence electrons. The first-order chi connectivity index (χ1) is 13.2. The topological polar surface area (TPSA) is 22.4 Å². The minimum atomic E-state index is 0.567. The van der Waals surface area contributed by atoms with Crippen molar-refractivity contribution >= 4 is 23.2 Å². The predicted molar refractivity (Wildman–Crippen MR) is 114 cm³/mol. The summed E-state index contributed by atoms with van der Waals surface area (Å²) in [5.74, 6) is 1.62. The van der Waals surface area contributed by atoms with E-state index in [1.54, 1.807) is 0 Å². The van der Waals surface area contributed by atoms with E-state index in [-0.39, 0.29) is 0 Å². The molecule has 27 heavy (non-hydrogen) atoms. The molecule has 0 aliphatic rings. The number of benzene rings is 3. The van der Waals surface area contributed by atoms with Gasteiger partial charge < -0.3 is 9.15 Å². The Morgan fingerprint density at radius 2 is 1.52 bits per heavy atom. The van der Waals surface area contributed by atoms with Crippen molar-refractivity contribution in [3.8, 4) is 28.0 Å². The van der Waals surface area contributed by atoms with Gasteiger partial charge in [0, 0.05) is 10.9 Å². The van der Waals surface area contributed by atoms with Crippen LogP contribution in [-0.2, 0) is 0 Å². The van der Waals surface area contributed by atoms with Gasteiger partial charge in [-0.2, -0.15) is 0 Å². The Labute approximate surface area is 164 Å². The van der Waals surface area contributed by atoms with Gasteiger partial charge in [0.25, 0.3) is 0 Å². The second kappa shape index (κ2) is 7.37. The van der Waals surface area contributed by atoms with Crippen molar-refractivity contribution in [2.75, 3.05) is 6.61 Å². The SMILES string of the molecule is CCOc1c(-c2ccccc2)cc2c(=S)cc(C)oc2c1-c1ccccc1. The van der Waals surface area contributed by atoms with E-state index in [4.69, 9.17) is 21.4 Å². The lowest BCUT2D eigenvalue weighted by molar-refractivity contribution is 0.343. The molecular formula is C24H20O2S. The lowest BCUT2D eigenvalue weighted by Crippen LogP contribution is -1.99. The molecule has 0 radical (unpaired) electrons. The van der Waals surface area contributed by atoms with Crippen LogP contribution in [0.25, 0.3) is 33.2 Å². The van der Waals surface area contributed by atoms with Crippen LogP contribution in [-0.4, -0.2) is 6.61 Å². The van der Waals surface area contributed by atoms with E-state index in [9.17, 15) is 0 Å². The van der Waals surface area contributed by atoms with Crippen LogP contribution >= 0.6 is 12.2 Å². The number of aryl methyl sites for hydroxylation is 1. The molecule has 1 aromatic heterocycles. The Morgan fingerprint density at radius 1 is 0.889 bits per heavy atom. The van der Waals surface area contributed by atoms with Gasteiger partial charge in [0.05, 0.1) is 16.7 Å². The van der Waals surface area contributed by atoms with Crippen LogP contribution in [0.2, 0.25) is 0 Å². The van der Waals surface area contributed by atoms with Crippen LogP contribution in [0.3, 0.4) is 0 Å². The molecule has 0 unspecified atom stereocenters. The summed E-state index contributed by atoms with van der Waals surface area (Å²) in [5, 5.41) is 0.928. The number of rotatable bonds is 4. The van der Waals surface area contributed by atoms with Crippen LogP contribution in [0, 0.1) is 11.4 Å². The third-order valence-corrected chi connectivity index (χ3v) is 4.87. The molecule has 3 heteroatoms. The molecule has 0 aliphatic heterocycles. The molecule has 4 aromatic rings. The molecule has 0 amide bonds. The summed E-state index contributed by atoms with van der Waals surface area (Å²) >= 11 is 5.67. The standard InChI is InChI=1S/C24H20O2S/c1-3-25-23-19(17-10-6-4-7-11-17)15-20-21(27)14-16(2)26-24(20)22(23)18-12-8-5-9-13-18/h4-15H,3H2,1-2H3. The molecule has 0 saturated carbocycles. The van der Waals surface area contributed by atoms with Crippen molar-refractivity contribution < 1.29 is 9.15 Å². The zero-order chi connectivity index (χ0) is 18.8. The molecule has 3 aromatic carbocycles. The monoisotopic (exact) mass is 372 g/mol. The fraction of sp³-hybridized carbons (Fsp3) is 0.125. The van der Waals surface area contributed by atoms with Crippen molar-refractivity contribution in [2.45, 2.75) is 13.8 Å². The molecule has 0 bridgehead atoms. The van der Waals surface area contributed by atoms with Crippen molar-refractivity contribution in [1.29, 1.82) is 0 Å². The first-order valence-electron chi connectivity index (χ1n) is 9.04. The molecule has 4 rings (SSSR count). The second-order valence-electron chi connectivity index (χ2n) is 6.39. The highest BCUT2D eigenvalue weighted by Crippen LogP contribution is 2.44. The van der Waals surface area contributed by atoms with E-state index in [0.29, 0.717) is 6.61 Å². The molecule has 1 heterocycles. The van der Waals surface area contributed by atoms with Gasteiger partial charge in [-0.1, -0.05) is 72.9 Å². The molecule has 0 aliphatic carbocycles. The minimum absolute atomic E-state index is 0.567. The first-order valence-corrected chi connectivity index (χ1v) is 9.45. The van der Waals surface area contributed by atoms with E-state index in [1.165, 1.54) is 0 Å². The summed E-state index contributed by atoms with van der Waals surface area (Å²) in [6.07, 6.45) is 0. The first kappa shape index (κ1) is 17.5. The number of ether oxygens (including phenoxy) is 1. The van der Waals surface area contributed by atoms with E-state index >= 15 is 0 Å². The molecule has 2 nitrogen and oxygen atoms in total. The zero-order valence-corrected chi connectivity index (χ0v) is 16.2. The quantitative estimate of drug-likeness (QED) is 0.354. The number of fused-ring (bicyclic) bond motifs is 1. The number of hydrogen-bond acceptors (Lipinski definition) is 3. The number of hydrogen-bond donors (Lipinski definition) is 0. The van der Waals surface area contributed by atoms with E-state index in [1.807, 2.05) is 56.3 Å². The Hall–Kier alpha value is -2.91. The lowest BCUT2D eigenvalue weighted by atomic mass is 9.94. The van der Waals surface area contributed by atoms with E-state index < -0.39 is 0 Å². The Kier molecular flexibility index (Phi) is 4.78. The third kappa shape index (κ3) is 3.26. The Balaban J connectivity index is 2.19.